The van der Waals surface area contributed by atoms with Gasteiger partial charge in [0.25, 0.3) is 0 Å². The Labute approximate surface area is 302 Å². The van der Waals surface area contributed by atoms with Crippen LogP contribution in [0, 0.1) is 13.8 Å². The second kappa shape index (κ2) is 11.8. The number of rotatable bonds is 5. The summed E-state index contributed by atoms with van der Waals surface area (Å²) in [7, 11) is 0. The van der Waals surface area contributed by atoms with Crippen LogP contribution in [0.2, 0.25) is 0 Å². The number of aryl methyl sites for hydroxylation is 1. The maximum Gasteiger partial charge on any atom is 0.136 e. The van der Waals surface area contributed by atoms with Crippen molar-refractivity contribution in [1.82, 2.24) is 5.43 Å². The van der Waals surface area contributed by atoms with Gasteiger partial charge in [-0.2, -0.15) is 0 Å². The first-order valence-corrected chi connectivity index (χ1v) is 17.9. The fourth-order valence-corrected chi connectivity index (χ4v) is 8.66. The second-order valence-corrected chi connectivity index (χ2v) is 13.9. The molecule has 1 aliphatic heterocycles. The van der Waals surface area contributed by atoms with Crippen LogP contribution in [0.15, 0.2) is 172 Å². The zero-order valence-corrected chi connectivity index (χ0v) is 29.0. The van der Waals surface area contributed by atoms with Crippen LogP contribution in [-0.2, 0) is 12.0 Å². The van der Waals surface area contributed by atoms with Crippen molar-refractivity contribution in [2.75, 3.05) is 0 Å². The minimum absolute atomic E-state index is 0.820. The highest BCUT2D eigenvalue weighted by Gasteiger charge is 2.46. The van der Waals surface area contributed by atoms with Gasteiger partial charge < -0.3 is 4.42 Å². The van der Waals surface area contributed by atoms with Crippen molar-refractivity contribution in [3.8, 4) is 22.3 Å². The molecule has 1 N–H and O–H groups in total. The van der Waals surface area contributed by atoms with Gasteiger partial charge in [-0.1, -0.05) is 145 Å². The van der Waals surface area contributed by atoms with E-state index in [4.69, 9.17) is 14.8 Å². The van der Waals surface area contributed by atoms with Gasteiger partial charge in [-0.05, 0) is 99.7 Å². The Morgan fingerprint density at radius 2 is 1.25 bits per heavy atom. The van der Waals surface area contributed by atoms with Crippen LogP contribution in [-0.4, -0.2) is 0 Å². The van der Waals surface area contributed by atoms with E-state index in [0.29, 0.717) is 0 Å². The minimum atomic E-state index is -0.892. The van der Waals surface area contributed by atoms with Crippen LogP contribution in [0.5, 0.6) is 0 Å². The van der Waals surface area contributed by atoms with Crippen molar-refractivity contribution in [3.05, 3.63) is 202 Å². The molecule has 2 aliphatic rings. The van der Waals surface area contributed by atoms with Crippen molar-refractivity contribution in [2.45, 2.75) is 25.8 Å². The van der Waals surface area contributed by atoms with E-state index in [-0.39, 0.29) is 0 Å². The summed E-state index contributed by atoms with van der Waals surface area (Å²) in [5.41, 5.74) is 20.7. The summed E-state index contributed by atoms with van der Waals surface area (Å²) < 4.78 is 6.59. The lowest BCUT2D eigenvalue weighted by atomic mass is 9.69. The molecule has 8 aromatic rings. The first-order chi connectivity index (χ1) is 25.6. The molecule has 0 amide bonds. The van der Waals surface area contributed by atoms with Crippen LogP contribution in [0.4, 0.5) is 0 Å². The molecule has 0 bridgehead atoms. The maximum atomic E-state index is 6.59. The molecular formula is C48H35N3O. The monoisotopic (exact) mass is 669 g/mol. The van der Waals surface area contributed by atoms with Gasteiger partial charge in [0.05, 0.1) is 0 Å². The third-order valence-corrected chi connectivity index (χ3v) is 11.1. The van der Waals surface area contributed by atoms with E-state index in [1.165, 1.54) is 38.9 Å². The van der Waals surface area contributed by atoms with Gasteiger partial charge in [0.1, 0.15) is 22.4 Å². The van der Waals surface area contributed by atoms with Crippen molar-refractivity contribution in [1.29, 1.82) is 0 Å². The van der Waals surface area contributed by atoms with Gasteiger partial charge in [0, 0.05) is 21.9 Å². The molecule has 0 spiro atoms. The molecule has 0 unspecified atom stereocenters. The van der Waals surface area contributed by atoms with Gasteiger partial charge in [-0.15, -0.1) is 5.11 Å². The Bertz CT molecular complexity index is 2700. The Morgan fingerprint density at radius 1 is 0.596 bits per heavy atom. The predicted octanol–water partition coefficient (Wildman–Crippen LogP) is 12.2. The van der Waals surface area contributed by atoms with E-state index in [1.54, 1.807) is 0 Å². The first-order valence-electron chi connectivity index (χ1n) is 17.9. The number of hydrogen-bond donors (Lipinski definition) is 1. The zero-order valence-electron chi connectivity index (χ0n) is 29.0. The Balaban J connectivity index is 1.45. The lowest BCUT2D eigenvalue weighted by molar-refractivity contribution is 0.495. The molecule has 0 saturated carbocycles. The third-order valence-electron chi connectivity index (χ3n) is 11.1. The molecular weight excluding hydrogens is 635 g/mol. The number of fused-ring (bicyclic) bond motifs is 6. The minimum Gasteiger partial charge on any atom is -0.456 e. The average Bonchev–Trinajstić information content (AvgIpc) is 3.77. The second-order valence-electron chi connectivity index (χ2n) is 13.9. The van der Waals surface area contributed by atoms with Crippen LogP contribution < -0.4 is 5.43 Å². The third kappa shape index (κ3) is 4.40. The molecule has 0 radical (unpaired) electrons. The zero-order chi connectivity index (χ0) is 34.8. The van der Waals surface area contributed by atoms with Gasteiger partial charge in [-0.25, -0.2) is 0 Å². The largest absolute Gasteiger partial charge is 0.456 e. The Hall–Kier alpha value is -6.52. The molecule has 52 heavy (non-hydrogen) atoms. The molecule has 0 atom stereocenters. The number of furan rings is 1. The highest BCUT2D eigenvalue weighted by Crippen LogP contribution is 2.55. The van der Waals surface area contributed by atoms with Gasteiger partial charge >= 0.3 is 0 Å². The summed E-state index contributed by atoms with van der Waals surface area (Å²) in [4.78, 5) is 0. The van der Waals surface area contributed by atoms with Gasteiger partial charge in [0.2, 0.25) is 0 Å². The molecule has 1 aliphatic carbocycles. The smallest absolute Gasteiger partial charge is 0.136 e. The fourth-order valence-electron chi connectivity index (χ4n) is 8.66. The number of nitrogens with one attached hydrogen (secondary N) is 1. The summed E-state index contributed by atoms with van der Waals surface area (Å²) >= 11 is 0. The van der Waals surface area contributed by atoms with Crippen LogP contribution >= 0.6 is 0 Å². The normalized spacial score (nSPS) is 14.4. The first kappa shape index (κ1) is 30.3. The molecule has 1 aromatic heterocycles. The Morgan fingerprint density at radius 3 is 2.00 bits per heavy atom. The lowest BCUT2D eigenvalue weighted by Gasteiger charge is -2.41. The quantitative estimate of drug-likeness (QED) is 0.198. The van der Waals surface area contributed by atoms with Crippen molar-refractivity contribution >= 4 is 33.2 Å². The van der Waals surface area contributed by atoms with E-state index in [1.807, 2.05) is 12.1 Å². The Kier molecular flexibility index (Phi) is 6.87. The standard InChI is InChI=1S/C48H35N3O/c1-30-28-39-36-23-13-12-18-33(36)29-40(39)43(31(30)2)46-47(49-51-50-48(46,34-19-8-4-9-20-34)35-21-10-5-11-22-35)45-37(32-16-6-3-7-17-32)26-27-42-44(45)38-24-14-15-25-41(38)52-42/h3-28H,29H2,1-2H3,(H,49,50). The maximum absolute atomic E-state index is 6.59. The molecule has 10 rings (SSSR count). The summed E-state index contributed by atoms with van der Waals surface area (Å²) in [6.45, 7) is 4.52. The van der Waals surface area contributed by atoms with E-state index >= 15 is 0 Å². The number of para-hydroxylation sites is 1. The van der Waals surface area contributed by atoms with Gasteiger partial charge in [-0.3, -0.25) is 5.43 Å². The number of nitrogens with zero attached hydrogens (tertiary/aromatic N) is 2. The number of hydrogen-bond acceptors (Lipinski definition) is 4. The van der Waals surface area contributed by atoms with E-state index in [0.717, 1.165) is 67.4 Å². The molecule has 4 nitrogen and oxygen atoms in total. The summed E-state index contributed by atoms with van der Waals surface area (Å²) in [5.74, 6) is 0. The van der Waals surface area contributed by atoms with Crippen LogP contribution in [0.1, 0.15) is 44.5 Å². The number of benzene rings is 7. The topological polar surface area (TPSA) is 49.9 Å². The molecule has 0 saturated heterocycles. The highest BCUT2D eigenvalue weighted by atomic mass is 16.3. The van der Waals surface area contributed by atoms with E-state index in [9.17, 15) is 0 Å². The molecule has 2 heterocycles. The van der Waals surface area contributed by atoms with Crippen LogP contribution in [0.25, 0.3) is 55.5 Å². The van der Waals surface area contributed by atoms with E-state index < -0.39 is 5.54 Å². The van der Waals surface area contributed by atoms with Crippen LogP contribution in [0.3, 0.4) is 0 Å². The molecule has 7 aromatic carbocycles. The molecule has 4 heteroatoms. The summed E-state index contributed by atoms with van der Waals surface area (Å²) in [6, 6.07) is 55.9. The molecule has 0 fully saturated rings. The average molecular weight is 670 g/mol. The fraction of sp³-hybridized carbons (Fsp3) is 0.0833. The van der Waals surface area contributed by atoms with E-state index in [2.05, 4.69) is 165 Å². The summed E-state index contributed by atoms with van der Waals surface area (Å²) in [6.07, 6.45) is 0.833. The van der Waals surface area contributed by atoms with Crippen molar-refractivity contribution in [3.63, 3.8) is 0 Å². The van der Waals surface area contributed by atoms with Crippen molar-refractivity contribution < 1.29 is 4.42 Å². The lowest BCUT2D eigenvalue weighted by Crippen LogP contribution is -2.44. The summed E-state index contributed by atoms with van der Waals surface area (Å²) in [5, 5.41) is 12.2. The SMILES string of the molecule is Cc1cc2c(c(C3=C(c4c(-c5ccccc5)ccc5oc6ccccc6c45)N=NNC3(c3ccccc3)c3ccccc3)c1C)Cc1ccccc1-2. The van der Waals surface area contributed by atoms with Gasteiger partial charge in [0.15, 0.2) is 0 Å². The highest BCUT2D eigenvalue weighted by molar-refractivity contribution is 6.16. The molecule has 248 valence electrons. The van der Waals surface area contributed by atoms with Crippen molar-refractivity contribution in [2.24, 2.45) is 10.3 Å². The predicted molar refractivity (Wildman–Crippen MR) is 212 cm³/mol.